The Morgan fingerprint density at radius 1 is 0.933 bits per heavy atom. The summed E-state index contributed by atoms with van der Waals surface area (Å²) in [5.74, 6) is 1.44. The van der Waals surface area contributed by atoms with Gasteiger partial charge < -0.3 is 14.8 Å². The summed E-state index contributed by atoms with van der Waals surface area (Å²) in [6.45, 7) is 1.30. The minimum Gasteiger partial charge on any atom is -0.490 e. The van der Waals surface area contributed by atoms with Gasteiger partial charge in [0.05, 0.1) is 19.3 Å². The molecule has 0 saturated heterocycles. The van der Waals surface area contributed by atoms with E-state index in [0.717, 1.165) is 39.9 Å². The van der Waals surface area contributed by atoms with Crippen LogP contribution in [-0.4, -0.2) is 19.1 Å². The van der Waals surface area contributed by atoms with E-state index in [0.29, 0.717) is 18.8 Å². The molecule has 0 spiro atoms. The fourth-order valence-corrected chi connectivity index (χ4v) is 4.09. The highest BCUT2D eigenvalue weighted by Gasteiger charge is 2.19. The van der Waals surface area contributed by atoms with Crippen molar-refractivity contribution >= 4 is 28.5 Å². The molecule has 4 rings (SSSR count). The van der Waals surface area contributed by atoms with Crippen molar-refractivity contribution in [2.45, 2.75) is 25.3 Å². The third-order valence-electron chi connectivity index (χ3n) is 5.13. The molecule has 3 aromatic rings. The monoisotopic (exact) mass is 513 g/mol. The molecule has 5 heteroatoms. The van der Waals surface area contributed by atoms with E-state index >= 15 is 0 Å². The average molecular weight is 513 g/mol. The zero-order valence-electron chi connectivity index (χ0n) is 16.6. The maximum absolute atomic E-state index is 13.0. The lowest BCUT2D eigenvalue weighted by molar-refractivity contribution is 0.0934. The highest BCUT2D eigenvalue weighted by Crippen LogP contribution is 2.33. The van der Waals surface area contributed by atoms with Crippen LogP contribution in [0.15, 0.2) is 72.8 Å². The largest absolute Gasteiger partial charge is 0.490 e. The van der Waals surface area contributed by atoms with Crippen LogP contribution in [0.4, 0.5) is 0 Å². The van der Waals surface area contributed by atoms with Gasteiger partial charge in [-0.3, -0.25) is 4.79 Å². The van der Waals surface area contributed by atoms with Crippen LogP contribution in [0.1, 0.15) is 40.4 Å². The smallest absolute Gasteiger partial charge is 0.251 e. The van der Waals surface area contributed by atoms with Crippen LogP contribution in [0.5, 0.6) is 11.5 Å². The van der Waals surface area contributed by atoms with Crippen LogP contribution in [0.25, 0.3) is 0 Å². The number of benzene rings is 3. The third-order valence-corrected chi connectivity index (χ3v) is 5.80. The topological polar surface area (TPSA) is 47.6 Å². The van der Waals surface area contributed by atoms with Gasteiger partial charge in [-0.15, -0.1) is 0 Å². The maximum atomic E-state index is 13.0. The second-order valence-electron chi connectivity index (χ2n) is 7.32. The number of aryl methyl sites for hydroxylation is 1. The van der Waals surface area contributed by atoms with Crippen LogP contribution < -0.4 is 14.8 Å². The first-order valence-corrected chi connectivity index (χ1v) is 11.3. The zero-order valence-corrected chi connectivity index (χ0v) is 18.8. The molecule has 0 fully saturated rings. The lowest BCUT2D eigenvalue weighted by Gasteiger charge is -2.21. The van der Waals surface area contributed by atoms with Gasteiger partial charge in [-0.25, -0.2) is 0 Å². The first kappa shape index (κ1) is 20.7. The maximum Gasteiger partial charge on any atom is 0.251 e. The van der Waals surface area contributed by atoms with Gasteiger partial charge in [0, 0.05) is 15.6 Å². The molecular weight excluding hydrogens is 489 g/mol. The van der Waals surface area contributed by atoms with E-state index in [9.17, 15) is 4.79 Å². The summed E-state index contributed by atoms with van der Waals surface area (Å²) >= 11 is 2.23. The van der Waals surface area contributed by atoms with Gasteiger partial charge in [0.25, 0.3) is 5.91 Å². The Kier molecular flexibility index (Phi) is 6.89. The number of hydrogen-bond donors (Lipinski definition) is 1. The predicted octanol–water partition coefficient (Wildman–Crippen LogP) is 5.56. The molecule has 1 unspecified atom stereocenters. The van der Waals surface area contributed by atoms with Gasteiger partial charge in [-0.05, 0) is 76.9 Å². The second kappa shape index (κ2) is 9.98. The molecule has 0 radical (unpaired) electrons. The number of ether oxygens (including phenoxy) is 2. The molecule has 30 heavy (non-hydrogen) atoms. The third kappa shape index (κ3) is 5.33. The van der Waals surface area contributed by atoms with Crippen molar-refractivity contribution in [3.8, 4) is 11.5 Å². The molecule has 154 valence electrons. The summed E-state index contributed by atoms with van der Waals surface area (Å²) in [6, 6.07) is 23.8. The van der Waals surface area contributed by atoms with Crippen molar-refractivity contribution in [3.05, 3.63) is 93.1 Å². The van der Waals surface area contributed by atoms with E-state index in [1.165, 1.54) is 5.56 Å². The van der Waals surface area contributed by atoms with E-state index < -0.39 is 0 Å². The van der Waals surface area contributed by atoms with Gasteiger partial charge in [0.1, 0.15) is 0 Å². The quantitative estimate of drug-likeness (QED) is 0.440. The van der Waals surface area contributed by atoms with Crippen molar-refractivity contribution < 1.29 is 14.3 Å². The highest BCUT2D eigenvalue weighted by molar-refractivity contribution is 14.1. The number of amides is 1. The van der Waals surface area contributed by atoms with E-state index in [1.54, 1.807) is 0 Å². The molecule has 1 heterocycles. The molecular formula is C25H24INO3. The van der Waals surface area contributed by atoms with Gasteiger partial charge >= 0.3 is 0 Å². The standard InChI is InChI=1S/C25H24INO3/c26-21-9-4-8-20(16-21)25(28)27-22(12-10-18-6-2-1-3-7-18)19-11-13-23-24(17-19)30-15-5-14-29-23/h1-4,6-9,11,13,16-17,22H,5,10,12,14-15H2,(H,27,28). The second-order valence-corrected chi connectivity index (χ2v) is 8.56. The fourth-order valence-electron chi connectivity index (χ4n) is 3.55. The fraction of sp³-hybridized carbons (Fsp3) is 0.240. The molecule has 0 bridgehead atoms. The van der Waals surface area contributed by atoms with Gasteiger partial charge in [0.15, 0.2) is 11.5 Å². The SMILES string of the molecule is O=C(NC(CCc1ccccc1)c1ccc2c(c1)OCCCO2)c1cccc(I)c1. The van der Waals surface area contributed by atoms with E-state index in [1.807, 2.05) is 60.7 Å². The molecule has 1 aliphatic rings. The Morgan fingerprint density at radius 3 is 2.53 bits per heavy atom. The highest BCUT2D eigenvalue weighted by atomic mass is 127. The van der Waals surface area contributed by atoms with Crippen LogP contribution in [0, 0.1) is 3.57 Å². The molecule has 1 aliphatic heterocycles. The Morgan fingerprint density at radius 2 is 1.73 bits per heavy atom. The number of hydrogen-bond acceptors (Lipinski definition) is 3. The lowest BCUT2D eigenvalue weighted by atomic mass is 9.98. The van der Waals surface area contributed by atoms with Gasteiger partial charge in [-0.1, -0.05) is 42.5 Å². The number of rotatable bonds is 6. The van der Waals surface area contributed by atoms with Crippen LogP contribution in [0.2, 0.25) is 0 Å². The zero-order chi connectivity index (χ0) is 20.8. The lowest BCUT2D eigenvalue weighted by Crippen LogP contribution is -2.29. The summed E-state index contributed by atoms with van der Waals surface area (Å²) < 4.78 is 12.7. The van der Waals surface area contributed by atoms with E-state index in [2.05, 4.69) is 40.0 Å². The van der Waals surface area contributed by atoms with Crippen molar-refractivity contribution in [2.24, 2.45) is 0 Å². The van der Waals surface area contributed by atoms with Crippen LogP contribution in [-0.2, 0) is 6.42 Å². The Labute approximate surface area is 190 Å². The Bertz CT molecular complexity index is 1010. The molecule has 3 aromatic carbocycles. The Balaban J connectivity index is 1.58. The van der Waals surface area contributed by atoms with Gasteiger partial charge in [-0.2, -0.15) is 0 Å². The molecule has 4 nitrogen and oxygen atoms in total. The van der Waals surface area contributed by atoms with Crippen LogP contribution >= 0.6 is 22.6 Å². The average Bonchev–Trinajstić information content (AvgIpc) is 3.02. The molecule has 1 amide bonds. The number of carbonyl (C=O) groups is 1. The number of halogens is 1. The van der Waals surface area contributed by atoms with Crippen molar-refractivity contribution in [1.82, 2.24) is 5.32 Å². The normalized spacial score (nSPS) is 13.9. The van der Waals surface area contributed by atoms with Crippen molar-refractivity contribution in [2.75, 3.05) is 13.2 Å². The van der Waals surface area contributed by atoms with E-state index in [4.69, 9.17) is 9.47 Å². The number of fused-ring (bicyclic) bond motifs is 1. The molecule has 0 aromatic heterocycles. The molecule has 0 aliphatic carbocycles. The Hall–Kier alpha value is -2.54. The molecule has 1 atom stereocenters. The minimum atomic E-state index is -0.132. The first-order chi connectivity index (χ1) is 14.7. The number of nitrogens with one attached hydrogen (secondary N) is 1. The molecule has 1 N–H and O–H groups in total. The summed E-state index contributed by atoms with van der Waals surface area (Å²) in [5, 5.41) is 3.23. The summed E-state index contributed by atoms with van der Waals surface area (Å²) in [4.78, 5) is 13.0. The molecule has 0 saturated carbocycles. The summed E-state index contributed by atoms with van der Waals surface area (Å²) in [6.07, 6.45) is 2.52. The van der Waals surface area contributed by atoms with Gasteiger partial charge in [0.2, 0.25) is 0 Å². The van der Waals surface area contributed by atoms with Crippen LogP contribution in [0.3, 0.4) is 0 Å². The van der Waals surface area contributed by atoms with E-state index in [-0.39, 0.29) is 11.9 Å². The summed E-state index contributed by atoms with van der Waals surface area (Å²) in [5.41, 5.74) is 2.94. The van der Waals surface area contributed by atoms with Crippen molar-refractivity contribution in [1.29, 1.82) is 0 Å². The van der Waals surface area contributed by atoms with Crippen molar-refractivity contribution in [3.63, 3.8) is 0 Å². The predicted molar refractivity (Wildman–Crippen MR) is 126 cm³/mol. The number of carbonyl (C=O) groups excluding carboxylic acids is 1. The first-order valence-electron chi connectivity index (χ1n) is 10.2. The minimum absolute atomic E-state index is 0.0707. The summed E-state index contributed by atoms with van der Waals surface area (Å²) in [7, 11) is 0.